The molecule has 0 radical (unpaired) electrons. The molecule has 2 heteroatoms. The van der Waals surface area contributed by atoms with Crippen LogP contribution in [0.5, 0.6) is 0 Å². The molecule has 12 heavy (non-hydrogen) atoms. The van der Waals surface area contributed by atoms with Gasteiger partial charge in [-0.2, -0.15) is 0 Å². The predicted octanol–water partition coefficient (Wildman–Crippen LogP) is 1.42. The maximum atomic E-state index is 2.52. The molecule has 2 nitrogen and oxygen atoms in total. The van der Waals surface area contributed by atoms with Crippen LogP contribution in [0.15, 0.2) is 0 Å². The minimum absolute atomic E-state index is 0.824. The lowest BCUT2D eigenvalue weighted by Crippen LogP contribution is -2.38. The first-order chi connectivity index (χ1) is 5.77. The monoisotopic (exact) mass is 170 g/mol. The van der Waals surface area contributed by atoms with Crippen molar-refractivity contribution in [2.24, 2.45) is 0 Å². The number of hydrogen-bond acceptors (Lipinski definition) is 2. The number of likely N-dealkylation sites (tertiary alicyclic amines) is 1. The molecule has 0 bridgehead atoms. The standard InChI is InChI=1S/C10H22N2/c1-4-12(5-2)9-10-7-6-8-11(10)3/h10H,4-9H2,1-3H3. The molecular weight excluding hydrogens is 148 g/mol. The van der Waals surface area contributed by atoms with E-state index in [1.807, 2.05) is 0 Å². The van der Waals surface area contributed by atoms with Gasteiger partial charge in [0.2, 0.25) is 0 Å². The van der Waals surface area contributed by atoms with Crippen LogP contribution < -0.4 is 0 Å². The normalized spacial score (nSPS) is 25.5. The Morgan fingerprint density at radius 2 is 2.00 bits per heavy atom. The highest BCUT2D eigenvalue weighted by Crippen LogP contribution is 2.15. The van der Waals surface area contributed by atoms with Gasteiger partial charge in [0, 0.05) is 12.6 Å². The third kappa shape index (κ3) is 2.46. The highest BCUT2D eigenvalue weighted by molar-refractivity contribution is 4.78. The van der Waals surface area contributed by atoms with Crippen LogP contribution in [0, 0.1) is 0 Å². The molecule has 0 saturated carbocycles. The van der Waals surface area contributed by atoms with E-state index in [-0.39, 0.29) is 0 Å². The molecule has 0 aromatic rings. The van der Waals surface area contributed by atoms with Crippen molar-refractivity contribution < 1.29 is 0 Å². The highest BCUT2D eigenvalue weighted by Gasteiger charge is 2.21. The summed E-state index contributed by atoms with van der Waals surface area (Å²) in [5.74, 6) is 0. The smallest absolute Gasteiger partial charge is 0.0220 e. The van der Waals surface area contributed by atoms with Crippen molar-refractivity contribution in [3.05, 3.63) is 0 Å². The quantitative estimate of drug-likeness (QED) is 0.629. The van der Waals surface area contributed by atoms with Crippen LogP contribution in [0.2, 0.25) is 0 Å². The molecule has 1 fully saturated rings. The minimum Gasteiger partial charge on any atom is -0.302 e. The van der Waals surface area contributed by atoms with Gasteiger partial charge in [-0.3, -0.25) is 0 Å². The molecule has 0 aromatic heterocycles. The van der Waals surface area contributed by atoms with Gasteiger partial charge in [-0.1, -0.05) is 13.8 Å². The second kappa shape index (κ2) is 4.83. The summed E-state index contributed by atoms with van der Waals surface area (Å²) >= 11 is 0. The van der Waals surface area contributed by atoms with Crippen LogP contribution in [0.4, 0.5) is 0 Å². The zero-order valence-electron chi connectivity index (χ0n) is 8.71. The fourth-order valence-electron chi connectivity index (χ4n) is 1.99. The third-order valence-corrected chi connectivity index (χ3v) is 3.03. The molecule has 1 rings (SSSR count). The molecule has 72 valence electrons. The first kappa shape index (κ1) is 10.0. The summed E-state index contributed by atoms with van der Waals surface area (Å²) in [5.41, 5.74) is 0. The fraction of sp³-hybridized carbons (Fsp3) is 1.00. The van der Waals surface area contributed by atoms with E-state index in [1.54, 1.807) is 0 Å². The molecular formula is C10H22N2. The Morgan fingerprint density at radius 1 is 1.33 bits per heavy atom. The maximum Gasteiger partial charge on any atom is 0.0220 e. The summed E-state index contributed by atoms with van der Waals surface area (Å²) in [4.78, 5) is 5.02. The van der Waals surface area contributed by atoms with E-state index < -0.39 is 0 Å². The Bertz CT molecular complexity index is 121. The van der Waals surface area contributed by atoms with Gasteiger partial charge in [-0.05, 0) is 39.5 Å². The predicted molar refractivity (Wildman–Crippen MR) is 53.4 cm³/mol. The number of nitrogens with zero attached hydrogens (tertiary/aromatic N) is 2. The molecule has 0 amide bonds. The minimum atomic E-state index is 0.824. The molecule has 0 spiro atoms. The fourth-order valence-corrected chi connectivity index (χ4v) is 1.99. The second-order valence-corrected chi connectivity index (χ2v) is 3.76. The van der Waals surface area contributed by atoms with Gasteiger partial charge in [-0.25, -0.2) is 0 Å². The van der Waals surface area contributed by atoms with Gasteiger partial charge >= 0.3 is 0 Å². The van der Waals surface area contributed by atoms with E-state index in [9.17, 15) is 0 Å². The lowest BCUT2D eigenvalue weighted by Gasteiger charge is -2.26. The number of hydrogen-bond donors (Lipinski definition) is 0. The second-order valence-electron chi connectivity index (χ2n) is 3.76. The van der Waals surface area contributed by atoms with Gasteiger partial charge in [-0.15, -0.1) is 0 Å². The van der Waals surface area contributed by atoms with Gasteiger partial charge in [0.1, 0.15) is 0 Å². The molecule has 1 aliphatic rings. The van der Waals surface area contributed by atoms with Crippen LogP contribution in [-0.2, 0) is 0 Å². The van der Waals surface area contributed by atoms with Gasteiger partial charge in [0.05, 0.1) is 0 Å². The number of rotatable bonds is 4. The molecule has 1 atom stereocenters. The molecule has 0 aromatic carbocycles. The molecule has 0 aliphatic carbocycles. The summed E-state index contributed by atoms with van der Waals surface area (Å²) in [6, 6.07) is 0.824. The zero-order valence-corrected chi connectivity index (χ0v) is 8.71. The molecule has 1 saturated heterocycles. The topological polar surface area (TPSA) is 6.48 Å². The SMILES string of the molecule is CCN(CC)CC1CCCN1C. The van der Waals surface area contributed by atoms with Crippen molar-refractivity contribution in [3.8, 4) is 0 Å². The Kier molecular flexibility index (Phi) is 4.02. The number of likely N-dealkylation sites (N-methyl/N-ethyl adjacent to an activating group) is 2. The summed E-state index contributed by atoms with van der Waals surface area (Å²) in [7, 11) is 2.25. The lowest BCUT2D eigenvalue weighted by atomic mass is 10.2. The Labute approximate surface area is 76.5 Å². The molecule has 0 N–H and O–H groups in total. The summed E-state index contributed by atoms with van der Waals surface area (Å²) in [5, 5.41) is 0. The largest absolute Gasteiger partial charge is 0.302 e. The summed E-state index contributed by atoms with van der Waals surface area (Å²) < 4.78 is 0. The first-order valence-electron chi connectivity index (χ1n) is 5.20. The van der Waals surface area contributed by atoms with E-state index in [0.717, 1.165) is 6.04 Å². The highest BCUT2D eigenvalue weighted by atomic mass is 15.2. The molecule has 1 unspecified atom stereocenters. The van der Waals surface area contributed by atoms with Crippen LogP contribution in [0.1, 0.15) is 26.7 Å². The summed E-state index contributed by atoms with van der Waals surface area (Å²) in [6.07, 6.45) is 2.79. The van der Waals surface area contributed by atoms with Crippen molar-refractivity contribution >= 4 is 0 Å². The first-order valence-corrected chi connectivity index (χ1v) is 5.20. The van der Waals surface area contributed by atoms with E-state index in [0.29, 0.717) is 0 Å². The molecule has 1 aliphatic heterocycles. The van der Waals surface area contributed by atoms with Crippen LogP contribution in [0.3, 0.4) is 0 Å². The Balaban J connectivity index is 2.28. The molecule has 1 heterocycles. The van der Waals surface area contributed by atoms with Gasteiger partial charge in [0.25, 0.3) is 0 Å². The third-order valence-electron chi connectivity index (χ3n) is 3.03. The van der Waals surface area contributed by atoms with E-state index >= 15 is 0 Å². The van der Waals surface area contributed by atoms with Crippen LogP contribution >= 0.6 is 0 Å². The zero-order chi connectivity index (χ0) is 8.97. The van der Waals surface area contributed by atoms with E-state index in [4.69, 9.17) is 0 Å². The van der Waals surface area contributed by atoms with Crippen LogP contribution in [-0.4, -0.2) is 49.1 Å². The summed E-state index contributed by atoms with van der Waals surface area (Å²) in [6.45, 7) is 9.45. The van der Waals surface area contributed by atoms with Crippen molar-refractivity contribution in [2.45, 2.75) is 32.7 Å². The average molecular weight is 170 g/mol. The van der Waals surface area contributed by atoms with E-state index in [1.165, 1.54) is 39.0 Å². The van der Waals surface area contributed by atoms with Gasteiger partial charge < -0.3 is 9.80 Å². The lowest BCUT2D eigenvalue weighted by molar-refractivity contribution is 0.206. The van der Waals surface area contributed by atoms with Crippen molar-refractivity contribution in [3.63, 3.8) is 0 Å². The van der Waals surface area contributed by atoms with Crippen LogP contribution in [0.25, 0.3) is 0 Å². The van der Waals surface area contributed by atoms with Gasteiger partial charge in [0.15, 0.2) is 0 Å². The Morgan fingerprint density at radius 3 is 2.42 bits per heavy atom. The van der Waals surface area contributed by atoms with Crippen molar-refractivity contribution in [1.29, 1.82) is 0 Å². The van der Waals surface area contributed by atoms with Crippen molar-refractivity contribution in [1.82, 2.24) is 9.80 Å². The maximum absolute atomic E-state index is 2.52. The average Bonchev–Trinajstić information content (AvgIpc) is 2.47. The van der Waals surface area contributed by atoms with E-state index in [2.05, 4.69) is 30.7 Å². The van der Waals surface area contributed by atoms with Crippen molar-refractivity contribution in [2.75, 3.05) is 33.2 Å². The Hall–Kier alpha value is -0.0800.